The van der Waals surface area contributed by atoms with Gasteiger partial charge in [0.05, 0.1) is 18.2 Å². The van der Waals surface area contributed by atoms with E-state index in [0.717, 1.165) is 36.6 Å². The molecule has 0 aromatic heterocycles. The summed E-state index contributed by atoms with van der Waals surface area (Å²) < 4.78 is 28.1. The monoisotopic (exact) mass is 622 g/mol. The smallest absolute Gasteiger partial charge is 0.253 e. The Morgan fingerprint density at radius 1 is 0.844 bits per heavy atom. The molecule has 0 unspecified atom stereocenters. The van der Waals surface area contributed by atoms with Crippen LogP contribution in [0.1, 0.15) is 64.1 Å². The Morgan fingerprint density at radius 2 is 1.47 bits per heavy atom. The number of carbonyl (C=O) groups is 3. The van der Waals surface area contributed by atoms with Crippen LogP contribution in [0.25, 0.3) is 0 Å². The summed E-state index contributed by atoms with van der Waals surface area (Å²) in [5, 5.41) is 19.8. The number of nitrogens with one attached hydrogen (secondary N) is 3. The molecular formula is C35H44F2N4O4. The Morgan fingerprint density at radius 3 is 2.07 bits per heavy atom. The number of aliphatic hydroxyl groups is 1. The maximum absolute atomic E-state index is 14.1. The maximum Gasteiger partial charge on any atom is 0.253 e. The van der Waals surface area contributed by atoms with Gasteiger partial charge in [-0.2, -0.15) is 0 Å². The lowest BCUT2D eigenvalue weighted by atomic mass is 9.98. The summed E-state index contributed by atoms with van der Waals surface area (Å²) in [7, 11) is 1.52. The van der Waals surface area contributed by atoms with Gasteiger partial charge in [0.15, 0.2) is 0 Å². The number of aryl methyl sites for hydroxylation is 1. The van der Waals surface area contributed by atoms with Crippen LogP contribution in [0, 0.1) is 18.6 Å². The molecule has 0 saturated carbocycles. The predicted octanol–water partition coefficient (Wildman–Crippen LogP) is 4.18. The molecule has 3 amide bonds. The number of aliphatic hydroxyl groups excluding tert-OH is 1. The summed E-state index contributed by atoms with van der Waals surface area (Å²) in [5.41, 5.74) is 2.45. The highest BCUT2D eigenvalue weighted by atomic mass is 19.1. The molecule has 45 heavy (non-hydrogen) atoms. The van der Waals surface area contributed by atoms with Crippen LogP contribution in [-0.2, 0) is 17.6 Å². The van der Waals surface area contributed by atoms with Crippen molar-refractivity contribution in [2.24, 2.45) is 0 Å². The summed E-state index contributed by atoms with van der Waals surface area (Å²) in [5.74, 6) is -2.58. The van der Waals surface area contributed by atoms with E-state index in [1.165, 1.54) is 13.1 Å². The van der Waals surface area contributed by atoms with Crippen LogP contribution in [-0.4, -0.2) is 72.6 Å². The number of benzene rings is 3. The highest BCUT2D eigenvalue weighted by molar-refractivity contribution is 6.00. The lowest BCUT2D eigenvalue weighted by Gasteiger charge is -2.27. The molecule has 0 fully saturated rings. The summed E-state index contributed by atoms with van der Waals surface area (Å²) in [6, 6.07) is 15.6. The van der Waals surface area contributed by atoms with E-state index in [2.05, 4.69) is 16.0 Å². The molecule has 0 bridgehead atoms. The molecule has 3 rings (SSSR count). The number of halogens is 2. The van der Waals surface area contributed by atoms with Crippen LogP contribution in [0.4, 0.5) is 8.78 Å². The SMILES string of the molecule is CCCN(CCC)C(=O)c1cc(C)cc(C(=O)N[C@@H](Cc2cc(F)cc(F)c2)[C@H](O)CN[C@@H](Cc2ccccc2)C(=O)NC)c1. The lowest BCUT2D eigenvalue weighted by Crippen LogP contribution is -2.53. The minimum absolute atomic E-state index is 0.0923. The number of rotatable bonds is 16. The van der Waals surface area contributed by atoms with Gasteiger partial charge in [-0.05, 0) is 79.6 Å². The molecule has 242 valence electrons. The van der Waals surface area contributed by atoms with Crippen molar-refractivity contribution in [1.82, 2.24) is 20.9 Å². The molecule has 0 aliphatic rings. The molecule has 4 N–H and O–H groups in total. The fraction of sp³-hybridized carbons (Fsp3) is 0.400. The summed E-state index contributed by atoms with van der Waals surface area (Å²) in [4.78, 5) is 41.3. The van der Waals surface area contributed by atoms with E-state index in [4.69, 9.17) is 0 Å². The van der Waals surface area contributed by atoms with Gasteiger partial charge in [0.2, 0.25) is 5.91 Å². The number of carbonyl (C=O) groups excluding carboxylic acids is 3. The number of hydrogen-bond donors (Lipinski definition) is 4. The molecule has 0 saturated heterocycles. The second-order valence-electron chi connectivity index (χ2n) is 11.3. The van der Waals surface area contributed by atoms with Crippen molar-refractivity contribution in [3.8, 4) is 0 Å². The standard InChI is InChI=1S/C35H44F2N4O4/c1-5-12-41(13-6-2)35(45)27-15-23(3)14-26(20-27)33(43)40-30(19-25-16-28(36)21-29(37)17-25)32(42)22-39-31(34(44)38-4)18-24-10-8-7-9-11-24/h7-11,14-17,20-21,30-32,39,42H,5-6,12-13,18-19,22H2,1-4H3,(H,38,44)(H,40,43)/t30-,31-,32+/m0/s1. The van der Waals surface area contributed by atoms with E-state index in [0.29, 0.717) is 30.6 Å². The first-order valence-corrected chi connectivity index (χ1v) is 15.4. The van der Waals surface area contributed by atoms with Gasteiger partial charge in [-0.25, -0.2) is 8.78 Å². The molecule has 10 heteroatoms. The van der Waals surface area contributed by atoms with E-state index >= 15 is 0 Å². The first-order valence-electron chi connectivity index (χ1n) is 15.4. The van der Waals surface area contributed by atoms with E-state index in [-0.39, 0.29) is 35.9 Å². The van der Waals surface area contributed by atoms with E-state index in [9.17, 15) is 28.3 Å². The summed E-state index contributed by atoms with van der Waals surface area (Å²) >= 11 is 0. The van der Waals surface area contributed by atoms with Gasteiger partial charge in [-0.3, -0.25) is 14.4 Å². The van der Waals surface area contributed by atoms with Crippen molar-refractivity contribution in [3.63, 3.8) is 0 Å². The van der Waals surface area contributed by atoms with Crippen molar-refractivity contribution < 1.29 is 28.3 Å². The number of amides is 3. The molecule has 0 aliphatic heterocycles. The van der Waals surface area contributed by atoms with Crippen LogP contribution in [0.2, 0.25) is 0 Å². The van der Waals surface area contributed by atoms with Crippen molar-refractivity contribution in [2.45, 2.75) is 64.6 Å². The normalized spacial score (nSPS) is 13.0. The third-order valence-corrected chi connectivity index (χ3v) is 7.44. The van der Waals surface area contributed by atoms with Gasteiger partial charge in [0.25, 0.3) is 11.8 Å². The molecule has 3 aromatic rings. The molecule has 0 spiro atoms. The van der Waals surface area contributed by atoms with Crippen LogP contribution in [0.3, 0.4) is 0 Å². The Kier molecular flexibility index (Phi) is 13.6. The zero-order valence-corrected chi connectivity index (χ0v) is 26.4. The van der Waals surface area contributed by atoms with E-state index < -0.39 is 35.7 Å². The van der Waals surface area contributed by atoms with Crippen molar-refractivity contribution in [1.29, 1.82) is 0 Å². The second-order valence-corrected chi connectivity index (χ2v) is 11.3. The third-order valence-electron chi connectivity index (χ3n) is 7.44. The highest BCUT2D eigenvalue weighted by Gasteiger charge is 2.26. The summed E-state index contributed by atoms with van der Waals surface area (Å²) in [6.07, 6.45) is 0.604. The fourth-order valence-electron chi connectivity index (χ4n) is 5.28. The van der Waals surface area contributed by atoms with Crippen LogP contribution in [0.5, 0.6) is 0 Å². The zero-order valence-electron chi connectivity index (χ0n) is 26.4. The zero-order chi connectivity index (χ0) is 32.9. The Labute approximate surface area is 264 Å². The van der Waals surface area contributed by atoms with Gasteiger partial charge in [0.1, 0.15) is 11.6 Å². The largest absolute Gasteiger partial charge is 0.390 e. The maximum atomic E-state index is 14.1. The average molecular weight is 623 g/mol. The molecule has 0 heterocycles. The quantitative estimate of drug-likeness (QED) is 0.192. The van der Waals surface area contributed by atoms with Crippen molar-refractivity contribution >= 4 is 17.7 Å². The van der Waals surface area contributed by atoms with Gasteiger partial charge in [-0.1, -0.05) is 44.2 Å². The molecule has 3 atom stereocenters. The van der Waals surface area contributed by atoms with Crippen LogP contribution < -0.4 is 16.0 Å². The minimum Gasteiger partial charge on any atom is -0.390 e. The molecule has 3 aromatic carbocycles. The molecular weight excluding hydrogens is 578 g/mol. The van der Waals surface area contributed by atoms with E-state index in [1.54, 1.807) is 24.0 Å². The second kappa shape index (κ2) is 17.4. The van der Waals surface area contributed by atoms with Gasteiger partial charge in [-0.15, -0.1) is 0 Å². The molecule has 0 aliphatic carbocycles. The van der Waals surface area contributed by atoms with Gasteiger partial charge in [0, 0.05) is 43.9 Å². The predicted molar refractivity (Wildman–Crippen MR) is 171 cm³/mol. The third kappa shape index (κ3) is 10.8. The first kappa shape index (κ1) is 35.3. The average Bonchev–Trinajstić information content (AvgIpc) is 3.01. The van der Waals surface area contributed by atoms with Crippen LogP contribution >= 0.6 is 0 Å². The molecule has 8 nitrogen and oxygen atoms in total. The summed E-state index contributed by atoms with van der Waals surface area (Å²) in [6.45, 7) is 6.86. The minimum atomic E-state index is -1.25. The molecule has 0 radical (unpaired) electrons. The van der Waals surface area contributed by atoms with Crippen LogP contribution in [0.15, 0.2) is 66.7 Å². The topological polar surface area (TPSA) is 111 Å². The Bertz CT molecular complexity index is 1410. The van der Waals surface area contributed by atoms with Gasteiger partial charge >= 0.3 is 0 Å². The van der Waals surface area contributed by atoms with Gasteiger partial charge < -0.3 is 26.0 Å². The fourth-order valence-corrected chi connectivity index (χ4v) is 5.28. The Balaban J connectivity index is 1.85. The highest BCUT2D eigenvalue weighted by Crippen LogP contribution is 2.16. The van der Waals surface area contributed by atoms with Crippen molar-refractivity contribution in [3.05, 3.63) is 106 Å². The lowest BCUT2D eigenvalue weighted by molar-refractivity contribution is -0.122. The number of nitrogens with zero attached hydrogens (tertiary/aromatic N) is 1. The first-order chi connectivity index (χ1) is 21.5. The van der Waals surface area contributed by atoms with E-state index in [1.807, 2.05) is 44.2 Å². The number of likely N-dealkylation sites (N-methyl/N-ethyl adjacent to an activating group) is 1. The van der Waals surface area contributed by atoms with Crippen molar-refractivity contribution in [2.75, 3.05) is 26.7 Å². The Hall–Kier alpha value is -4.15. The number of hydrogen-bond acceptors (Lipinski definition) is 5.